The molecular weight excluding hydrogens is 314 g/mol. The first-order valence-corrected chi connectivity index (χ1v) is 7.83. The van der Waals surface area contributed by atoms with Crippen LogP contribution in [0.5, 0.6) is 0 Å². The first-order chi connectivity index (χ1) is 11.4. The van der Waals surface area contributed by atoms with Gasteiger partial charge in [-0.1, -0.05) is 0 Å². The van der Waals surface area contributed by atoms with Crippen LogP contribution < -0.4 is 5.56 Å². The second kappa shape index (κ2) is 6.55. The maximum atomic E-state index is 13.3. The lowest BCUT2D eigenvalue weighted by Crippen LogP contribution is -2.30. The number of hydrogen-bond donors (Lipinski definition) is 0. The number of benzene rings is 1. The van der Waals surface area contributed by atoms with E-state index in [9.17, 15) is 18.4 Å². The topological polar surface area (TPSA) is 42.3 Å². The Morgan fingerprint density at radius 2 is 1.92 bits per heavy atom. The molecule has 126 valence electrons. The molecule has 0 radical (unpaired) electrons. The van der Waals surface area contributed by atoms with E-state index in [-0.39, 0.29) is 17.4 Å². The number of likely N-dealkylation sites (tertiary alicyclic amines) is 1. The Morgan fingerprint density at radius 3 is 2.58 bits per heavy atom. The molecular formula is C18H18F2N2O2. The molecule has 2 heterocycles. The van der Waals surface area contributed by atoms with Crippen molar-refractivity contribution in [1.29, 1.82) is 0 Å². The lowest BCUT2D eigenvalue weighted by Gasteiger charge is -2.17. The van der Waals surface area contributed by atoms with Gasteiger partial charge in [0.2, 0.25) is 5.56 Å². The van der Waals surface area contributed by atoms with Gasteiger partial charge in [-0.15, -0.1) is 0 Å². The summed E-state index contributed by atoms with van der Waals surface area (Å²) in [5, 5.41) is 0. The van der Waals surface area contributed by atoms with Crippen molar-refractivity contribution >= 4 is 5.91 Å². The molecule has 1 aromatic carbocycles. The Morgan fingerprint density at radius 1 is 1.21 bits per heavy atom. The van der Waals surface area contributed by atoms with Gasteiger partial charge >= 0.3 is 0 Å². The van der Waals surface area contributed by atoms with Crippen molar-refractivity contribution in [2.24, 2.45) is 13.0 Å². The number of aryl methyl sites for hydroxylation is 1. The quantitative estimate of drug-likeness (QED) is 0.866. The van der Waals surface area contributed by atoms with Crippen molar-refractivity contribution in [2.75, 3.05) is 13.1 Å². The number of hydrogen-bond acceptors (Lipinski definition) is 2. The minimum absolute atomic E-state index is 0.126. The van der Waals surface area contributed by atoms with Crippen molar-refractivity contribution < 1.29 is 13.6 Å². The predicted molar refractivity (Wildman–Crippen MR) is 85.8 cm³/mol. The molecule has 6 heteroatoms. The second-order valence-electron chi connectivity index (χ2n) is 6.25. The molecule has 1 atom stereocenters. The van der Waals surface area contributed by atoms with Gasteiger partial charge in [0.05, 0.1) is 5.56 Å². The maximum absolute atomic E-state index is 13.3. The number of halogens is 2. The number of carbonyl (C=O) groups is 1. The summed E-state index contributed by atoms with van der Waals surface area (Å²) in [5.41, 5.74) is 0.905. The molecule has 1 aliphatic rings. The summed E-state index contributed by atoms with van der Waals surface area (Å²) in [7, 11) is 1.60. The van der Waals surface area contributed by atoms with Crippen LogP contribution in [0, 0.1) is 17.6 Å². The average molecular weight is 332 g/mol. The summed E-state index contributed by atoms with van der Waals surface area (Å²) in [6.07, 6.45) is 2.85. The highest BCUT2D eigenvalue weighted by Gasteiger charge is 2.27. The van der Waals surface area contributed by atoms with E-state index >= 15 is 0 Å². The van der Waals surface area contributed by atoms with Crippen LogP contribution in [0.4, 0.5) is 8.78 Å². The fourth-order valence-electron chi connectivity index (χ4n) is 3.15. The Kier molecular flexibility index (Phi) is 4.46. The molecule has 3 rings (SSSR count). The average Bonchev–Trinajstić information content (AvgIpc) is 2.96. The number of aromatic nitrogens is 1. The number of carbonyl (C=O) groups excluding carboxylic acids is 1. The van der Waals surface area contributed by atoms with Crippen LogP contribution in [-0.4, -0.2) is 28.5 Å². The Bertz CT molecular complexity index is 812. The van der Waals surface area contributed by atoms with E-state index in [1.807, 2.05) is 0 Å². The third-order valence-corrected chi connectivity index (χ3v) is 4.35. The smallest absolute Gasteiger partial charge is 0.255 e. The van der Waals surface area contributed by atoms with E-state index < -0.39 is 11.6 Å². The molecule has 1 aromatic heterocycles. The molecule has 1 unspecified atom stereocenters. The van der Waals surface area contributed by atoms with Crippen LogP contribution in [0.2, 0.25) is 0 Å². The molecule has 1 aliphatic heterocycles. The molecule has 2 aromatic rings. The first kappa shape index (κ1) is 16.4. The van der Waals surface area contributed by atoms with Crippen LogP contribution in [0.3, 0.4) is 0 Å². The number of pyridine rings is 1. The Balaban J connectivity index is 1.67. The molecule has 1 saturated heterocycles. The number of nitrogens with zero attached hydrogens (tertiary/aromatic N) is 2. The normalized spacial score (nSPS) is 17.3. The van der Waals surface area contributed by atoms with Gasteiger partial charge in [0, 0.05) is 38.5 Å². The van der Waals surface area contributed by atoms with E-state index in [1.54, 1.807) is 11.9 Å². The minimum atomic E-state index is -0.582. The molecule has 4 nitrogen and oxygen atoms in total. The van der Waals surface area contributed by atoms with Gasteiger partial charge in [0.15, 0.2) is 0 Å². The third kappa shape index (κ3) is 3.53. The van der Waals surface area contributed by atoms with Crippen LogP contribution in [-0.2, 0) is 13.5 Å². The van der Waals surface area contributed by atoms with Gasteiger partial charge in [-0.2, -0.15) is 0 Å². The zero-order valence-electron chi connectivity index (χ0n) is 13.3. The van der Waals surface area contributed by atoms with Gasteiger partial charge in [-0.05, 0) is 42.5 Å². The maximum Gasteiger partial charge on any atom is 0.255 e. The summed E-state index contributed by atoms with van der Waals surface area (Å²) in [6, 6.07) is 6.42. The predicted octanol–water partition coefficient (Wildman–Crippen LogP) is 2.37. The molecule has 0 saturated carbocycles. The molecule has 0 N–H and O–H groups in total. The molecule has 24 heavy (non-hydrogen) atoms. The van der Waals surface area contributed by atoms with Crippen LogP contribution in [0.15, 0.2) is 41.3 Å². The monoisotopic (exact) mass is 332 g/mol. The van der Waals surface area contributed by atoms with Gasteiger partial charge in [0.25, 0.3) is 5.91 Å². The van der Waals surface area contributed by atoms with E-state index in [0.29, 0.717) is 30.6 Å². The van der Waals surface area contributed by atoms with Crippen molar-refractivity contribution in [3.05, 3.63) is 69.6 Å². The van der Waals surface area contributed by atoms with Gasteiger partial charge < -0.3 is 9.47 Å². The Hall–Kier alpha value is -2.50. The van der Waals surface area contributed by atoms with Crippen molar-refractivity contribution in [3.8, 4) is 0 Å². The summed E-state index contributed by atoms with van der Waals surface area (Å²) < 4.78 is 27.9. The summed E-state index contributed by atoms with van der Waals surface area (Å²) in [6.45, 7) is 1.14. The SMILES string of the molecule is Cn1cc(C(=O)N2CCC(Cc3cc(F)cc(F)c3)C2)ccc1=O. The lowest BCUT2D eigenvalue weighted by atomic mass is 9.98. The number of amides is 1. The fourth-order valence-corrected chi connectivity index (χ4v) is 3.15. The highest BCUT2D eigenvalue weighted by molar-refractivity contribution is 5.94. The van der Waals surface area contributed by atoms with Gasteiger partial charge in [-0.3, -0.25) is 9.59 Å². The fraction of sp³-hybridized carbons (Fsp3) is 0.333. The molecule has 1 fully saturated rings. The largest absolute Gasteiger partial charge is 0.338 e. The molecule has 1 amide bonds. The van der Waals surface area contributed by atoms with E-state index in [1.165, 1.54) is 35.0 Å². The molecule has 0 bridgehead atoms. The standard InChI is InChI=1S/C18H18F2N2O2/c1-21-11-14(2-3-17(21)23)18(24)22-5-4-12(10-22)6-13-7-15(19)9-16(20)8-13/h2-3,7-9,11-12H,4-6,10H2,1H3. The minimum Gasteiger partial charge on any atom is -0.338 e. The number of rotatable bonds is 3. The Labute approximate surface area is 138 Å². The zero-order chi connectivity index (χ0) is 17.3. The summed E-state index contributed by atoms with van der Waals surface area (Å²) >= 11 is 0. The first-order valence-electron chi connectivity index (χ1n) is 7.83. The van der Waals surface area contributed by atoms with Crippen molar-refractivity contribution in [1.82, 2.24) is 9.47 Å². The van der Waals surface area contributed by atoms with E-state index in [4.69, 9.17) is 0 Å². The van der Waals surface area contributed by atoms with Gasteiger partial charge in [0.1, 0.15) is 11.6 Å². The summed E-state index contributed by atoms with van der Waals surface area (Å²) in [5.74, 6) is -1.12. The lowest BCUT2D eigenvalue weighted by molar-refractivity contribution is 0.0786. The highest BCUT2D eigenvalue weighted by atomic mass is 19.1. The third-order valence-electron chi connectivity index (χ3n) is 4.35. The van der Waals surface area contributed by atoms with Crippen LogP contribution in [0.1, 0.15) is 22.3 Å². The van der Waals surface area contributed by atoms with E-state index in [2.05, 4.69) is 0 Å². The molecule has 0 aliphatic carbocycles. The van der Waals surface area contributed by atoms with E-state index in [0.717, 1.165) is 12.5 Å². The second-order valence-corrected chi connectivity index (χ2v) is 6.25. The van der Waals surface area contributed by atoms with Crippen LogP contribution in [0.25, 0.3) is 0 Å². The molecule has 0 spiro atoms. The van der Waals surface area contributed by atoms with Crippen LogP contribution >= 0.6 is 0 Å². The summed E-state index contributed by atoms with van der Waals surface area (Å²) in [4.78, 5) is 25.6. The highest BCUT2D eigenvalue weighted by Crippen LogP contribution is 2.23. The zero-order valence-corrected chi connectivity index (χ0v) is 13.3. The van der Waals surface area contributed by atoms with Gasteiger partial charge in [-0.25, -0.2) is 8.78 Å². The van der Waals surface area contributed by atoms with Crippen molar-refractivity contribution in [2.45, 2.75) is 12.8 Å². The van der Waals surface area contributed by atoms with Crippen molar-refractivity contribution in [3.63, 3.8) is 0 Å².